The molecule has 0 amide bonds. The molecular formula is C13H15F2N3. The van der Waals surface area contributed by atoms with Crippen LogP contribution in [-0.2, 0) is 0 Å². The number of H-pyrrole nitrogens is 1. The summed E-state index contributed by atoms with van der Waals surface area (Å²) in [7, 11) is 0. The number of aromatic nitrogens is 2. The smallest absolute Gasteiger partial charge is 0.135 e. The van der Waals surface area contributed by atoms with Crippen molar-refractivity contribution in [1.82, 2.24) is 9.97 Å². The Labute approximate surface area is 104 Å². The summed E-state index contributed by atoms with van der Waals surface area (Å²) in [6.07, 6.45) is 2.36. The summed E-state index contributed by atoms with van der Waals surface area (Å²) >= 11 is 0. The third-order valence-electron chi connectivity index (χ3n) is 2.88. The van der Waals surface area contributed by atoms with Gasteiger partial charge in [0.1, 0.15) is 17.5 Å². The zero-order valence-corrected chi connectivity index (χ0v) is 10.1. The molecule has 1 atom stereocenters. The lowest BCUT2D eigenvalue weighted by atomic mass is 10.1. The third kappa shape index (κ3) is 2.56. The van der Waals surface area contributed by atoms with Crippen molar-refractivity contribution in [2.75, 3.05) is 6.54 Å². The first-order valence-electron chi connectivity index (χ1n) is 5.82. The van der Waals surface area contributed by atoms with Crippen LogP contribution in [0.15, 0.2) is 24.4 Å². The molecule has 18 heavy (non-hydrogen) atoms. The minimum absolute atomic E-state index is 0.187. The number of halogens is 2. The van der Waals surface area contributed by atoms with Gasteiger partial charge in [-0.2, -0.15) is 0 Å². The Balaban J connectivity index is 2.29. The molecule has 2 aromatic rings. The summed E-state index contributed by atoms with van der Waals surface area (Å²) in [5, 5.41) is 0. The standard InChI is InChI=1S/C13H15F2N3/c1-8(4-5-16)13-17-7-12(18-13)10-3-2-9(14)6-11(10)15/h2-3,6-8H,4-5,16H2,1H3,(H,17,18). The van der Waals surface area contributed by atoms with E-state index in [0.717, 1.165) is 18.3 Å². The maximum absolute atomic E-state index is 13.6. The zero-order valence-electron chi connectivity index (χ0n) is 10.1. The Morgan fingerprint density at radius 2 is 2.17 bits per heavy atom. The molecule has 0 spiro atoms. The van der Waals surface area contributed by atoms with Crippen LogP contribution in [0.2, 0.25) is 0 Å². The van der Waals surface area contributed by atoms with E-state index >= 15 is 0 Å². The van der Waals surface area contributed by atoms with Gasteiger partial charge in [0, 0.05) is 17.5 Å². The van der Waals surface area contributed by atoms with E-state index in [9.17, 15) is 8.78 Å². The highest BCUT2D eigenvalue weighted by Crippen LogP contribution is 2.24. The van der Waals surface area contributed by atoms with Gasteiger partial charge in [-0.15, -0.1) is 0 Å². The minimum atomic E-state index is -0.600. The fourth-order valence-electron chi connectivity index (χ4n) is 1.82. The molecule has 3 nitrogen and oxygen atoms in total. The average Bonchev–Trinajstić information content (AvgIpc) is 2.78. The topological polar surface area (TPSA) is 54.7 Å². The molecule has 1 heterocycles. The number of hydrogen-bond acceptors (Lipinski definition) is 2. The second kappa shape index (κ2) is 5.27. The average molecular weight is 251 g/mol. The van der Waals surface area contributed by atoms with Crippen LogP contribution >= 0.6 is 0 Å². The SMILES string of the molecule is CC(CCN)c1ncc(-c2ccc(F)cc2F)[nH]1. The number of imidazole rings is 1. The highest BCUT2D eigenvalue weighted by Gasteiger charge is 2.12. The van der Waals surface area contributed by atoms with E-state index in [-0.39, 0.29) is 5.92 Å². The molecule has 0 saturated carbocycles. The van der Waals surface area contributed by atoms with E-state index in [0.29, 0.717) is 17.8 Å². The van der Waals surface area contributed by atoms with Crippen LogP contribution in [0.4, 0.5) is 8.78 Å². The molecule has 0 saturated heterocycles. The van der Waals surface area contributed by atoms with Gasteiger partial charge < -0.3 is 10.7 Å². The van der Waals surface area contributed by atoms with Crippen LogP contribution in [0.1, 0.15) is 25.1 Å². The zero-order chi connectivity index (χ0) is 13.1. The summed E-state index contributed by atoms with van der Waals surface area (Å²) < 4.78 is 26.4. The second-order valence-electron chi connectivity index (χ2n) is 4.28. The molecule has 1 aromatic heterocycles. The van der Waals surface area contributed by atoms with E-state index in [1.807, 2.05) is 6.92 Å². The largest absolute Gasteiger partial charge is 0.342 e. The molecule has 0 radical (unpaired) electrons. The summed E-state index contributed by atoms with van der Waals surface area (Å²) in [4.78, 5) is 7.25. The van der Waals surface area contributed by atoms with Crippen molar-refractivity contribution in [3.8, 4) is 11.3 Å². The van der Waals surface area contributed by atoms with Gasteiger partial charge >= 0.3 is 0 Å². The predicted octanol–water partition coefficient (Wildman–Crippen LogP) is 2.81. The molecule has 1 aromatic carbocycles. The molecule has 0 fully saturated rings. The Kier molecular flexibility index (Phi) is 3.72. The van der Waals surface area contributed by atoms with E-state index in [1.165, 1.54) is 12.1 Å². The van der Waals surface area contributed by atoms with Gasteiger partial charge in [-0.25, -0.2) is 13.8 Å². The van der Waals surface area contributed by atoms with Crippen molar-refractivity contribution in [3.05, 3.63) is 41.9 Å². The van der Waals surface area contributed by atoms with Crippen molar-refractivity contribution in [1.29, 1.82) is 0 Å². The molecular weight excluding hydrogens is 236 g/mol. The number of hydrogen-bond donors (Lipinski definition) is 2. The highest BCUT2D eigenvalue weighted by atomic mass is 19.1. The predicted molar refractivity (Wildman–Crippen MR) is 66.0 cm³/mol. The summed E-state index contributed by atoms with van der Waals surface area (Å²) in [6, 6.07) is 3.48. The van der Waals surface area contributed by atoms with Gasteiger partial charge in [0.15, 0.2) is 0 Å². The Morgan fingerprint density at radius 1 is 1.39 bits per heavy atom. The summed E-state index contributed by atoms with van der Waals surface area (Å²) in [6.45, 7) is 2.57. The molecule has 2 rings (SSSR count). The fourth-order valence-corrected chi connectivity index (χ4v) is 1.82. The molecule has 0 bridgehead atoms. The van der Waals surface area contributed by atoms with Crippen molar-refractivity contribution in [2.45, 2.75) is 19.3 Å². The Hall–Kier alpha value is -1.75. The van der Waals surface area contributed by atoms with Crippen LogP contribution in [0.3, 0.4) is 0 Å². The van der Waals surface area contributed by atoms with Crippen molar-refractivity contribution < 1.29 is 8.78 Å². The molecule has 0 aliphatic heterocycles. The first kappa shape index (κ1) is 12.7. The third-order valence-corrected chi connectivity index (χ3v) is 2.88. The monoisotopic (exact) mass is 251 g/mol. The Bertz CT molecular complexity index is 537. The van der Waals surface area contributed by atoms with Crippen molar-refractivity contribution in [3.63, 3.8) is 0 Å². The van der Waals surface area contributed by atoms with Gasteiger partial charge in [-0.3, -0.25) is 0 Å². The summed E-state index contributed by atoms with van der Waals surface area (Å²) in [5.74, 6) is -0.240. The molecule has 96 valence electrons. The normalized spacial score (nSPS) is 12.7. The molecule has 5 heteroatoms. The lowest BCUT2D eigenvalue weighted by molar-refractivity contribution is 0.585. The van der Waals surface area contributed by atoms with Crippen LogP contribution in [-0.4, -0.2) is 16.5 Å². The second-order valence-corrected chi connectivity index (χ2v) is 4.28. The van der Waals surface area contributed by atoms with Gasteiger partial charge in [0.2, 0.25) is 0 Å². The molecule has 1 unspecified atom stereocenters. The maximum atomic E-state index is 13.6. The van der Waals surface area contributed by atoms with Crippen molar-refractivity contribution in [2.24, 2.45) is 5.73 Å². The first-order chi connectivity index (χ1) is 8.61. The van der Waals surface area contributed by atoms with Gasteiger partial charge in [0.05, 0.1) is 11.9 Å². The number of nitrogens with one attached hydrogen (secondary N) is 1. The number of aromatic amines is 1. The maximum Gasteiger partial charge on any atom is 0.135 e. The lowest BCUT2D eigenvalue weighted by Crippen LogP contribution is -2.05. The van der Waals surface area contributed by atoms with E-state index in [2.05, 4.69) is 9.97 Å². The van der Waals surface area contributed by atoms with Gasteiger partial charge in [-0.05, 0) is 25.1 Å². The van der Waals surface area contributed by atoms with Crippen LogP contribution in [0, 0.1) is 11.6 Å². The van der Waals surface area contributed by atoms with Gasteiger partial charge in [0.25, 0.3) is 0 Å². The molecule has 0 aliphatic rings. The quantitative estimate of drug-likeness (QED) is 0.877. The number of rotatable bonds is 4. The highest BCUT2D eigenvalue weighted by molar-refractivity contribution is 5.59. The van der Waals surface area contributed by atoms with E-state index in [4.69, 9.17) is 5.73 Å². The van der Waals surface area contributed by atoms with Crippen LogP contribution in [0.25, 0.3) is 11.3 Å². The molecule has 0 aliphatic carbocycles. The number of nitrogens with two attached hydrogens (primary N) is 1. The number of benzene rings is 1. The minimum Gasteiger partial charge on any atom is -0.342 e. The van der Waals surface area contributed by atoms with E-state index < -0.39 is 11.6 Å². The Morgan fingerprint density at radius 3 is 2.83 bits per heavy atom. The van der Waals surface area contributed by atoms with Gasteiger partial charge in [-0.1, -0.05) is 6.92 Å². The van der Waals surface area contributed by atoms with Crippen LogP contribution in [0.5, 0.6) is 0 Å². The number of nitrogens with zero attached hydrogens (tertiary/aromatic N) is 1. The molecule has 3 N–H and O–H groups in total. The fraction of sp³-hybridized carbons (Fsp3) is 0.308. The van der Waals surface area contributed by atoms with E-state index in [1.54, 1.807) is 6.20 Å². The lowest BCUT2D eigenvalue weighted by Gasteiger charge is -2.05. The van der Waals surface area contributed by atoms with Crippen LogP contribution < -0.4 is 5.73 Å². The van der Waals surface area contributed by atoms with Crippen molar-refractivity contribution >= 4 is 0 Å². The first-order valence-corrected chi connectivity index (χ1v) is 5.82. The summed E-state index contributed by atoms with van der Waals surface area (Å²) in [5.41, 5.74) is 6.34.